The molecule has 134 valence electrons. The number of phenols is 1. The lowest BCUT2D eigenvalue weighted by atomic mass is 10.1. The van der Waals surface area contributed by atoms with E-state index in [1.54, 1.807) is 6.07 Å². The summed E-state index contributed by atoms with van der Waals surface area (Å²) in [6.07, 6.45) is 1.49. The fourth-order valence-electron chi connectivity index (χ4n) is 2.73. The van der Waals surface area contributed by atoms with E-state index in [-0.39, 0.29) is 16.6 Å². The number of aromatic hydroxyl groups is 1. The van der Waals surface area contributed by atoms with Crippen LogP contribution in [-0.4, -0.2) is 20.1 Å². The van der Waals surface area contributed by atoms with Gasteiger partial charge in [0.25, 0.3) is 10.0 Å². The van der Waals surface area contributed by atoms with Gasteiger partial charge in [-0.2, -0.15) is 0 Å². The molecule has 5 heteroatoms. The Morgan fingerprint density at radius 1 is 1.16 bits per heavy atom. The minimum absolute atomic E-state index is 0.0659. The average molecular weight is 359 g/mol. The SMILES string of the molecule is C=Cc1ccc(S(=O)(=O)N(CC(C)C)c2ccc(C)cc2C)cc1O. The minimum atomic E-state index is -3.79. The molecule has 0 unspecified atom stereocenters. The molecule has 0 spiro atoms. The van der Waals surface area contributed by atoms with E-state index < -0.39 is 10.0 Å². The third kappa shape index (κ3) is 4.04. The summed E-state index contributed by atoms with van der Waals surface area (Å²) < 4.78 is 27.9. The zero-order valence-electron chi connectivity index (χ0n) is 15.2. The van der Waals surface area contributed by atoms with Crippen LogP contribution in [0, 0.1) is 19.8 Å². The number of phenolic OH excluding ortho intramolecular Hbond substituents is 1. The molecule has 0 aliphatic carbocycles. The predicted octanol–water partition coefficient (Wildman–Crippen LogP) is 4.50. The van der Waals surface area contributed by atoms with Crippen LogP contribution in [0.15, 0.2) is 47.9 Å². The molecule has 2 aromatic carbocycles. The maximum absolute atomic E-state index is 13.2. The highest BCUT2D eigenvalue weighted by Crippen LogP contribution is 2.31. The third-order valence-electron chi connectivity index (χ3n) is 3.96. The summed E-state index contributed by atoms with van der Waals surface area (Å²) in [6.45, 7) is 11.8. The van der Waals surface area contributed by atoms with Crippen molar-refractivity contribution in [3.05, 3.63) is 59.7 Å². The molecular formula is C20H25NO3S. The monoisotopic (exact) mass is 359 g/mol. The number of sulfonamides is 1. The fourth-order valence-corrected chi connectivity index (χ4v) is 4.44. The molecule has 0 saturated heterocycles. The van der Waals surface area contributed by atoms with Crippen molar-refractivity contribution in [2.45, 2.75) is 32.6 Å². The summed E-state index contributed by atoms with van der Waals surface area (Å²) >= 11 is 0. The summed E-state index contributed by atoms with van der Waals surface area (Å²) in [7, 11) is -3.79. The van der Waals surface area contributed by atoms with Crippen molar-refractivity contribution in [2.24, 2.45) is 5.92 Å². The Kier molecular flexibility index (Phi) is 5.58. The molecule has 0 aliphatic heterocycles. The van der Waals surface area contributed by atoms with Crippen molar-refractivity contribution in [3.63, 3.8) is 0 Å². The maximum atomic E-state index is 13.2. The Labute approximate surface area is 150 Å². The smallest absolute Gasteiger partial charge is 0.264 e. The molecular weight excluding hydrogens is 334 g/mol. The van der Waals surface area contributed by atoms with Gasteiger partial charge in [0.2, 0.25) is 0 Å². The van der Waals surface area contributed by atoms with Crippen LogP contribution < -0.4 is 4.31 Å². The van der Waals surface area contributed by atoms with Crippen LogP contribution in [0.5, 0.6) is 5.75 Å². The van der Waals surface area contributed by atoms with Gasteiger partial charge in [-0.3, -0.25) is 4.31 Å². The zero-order chi connectivity index (χ0) is 18.8. The molecule has 4 nitrogen and oxygen atoms in total. The Morgan fingerprint density at radius 3 is 2.36 bits per heavy atom. The summed E-state index contributed by atoms with van der Waals surface area (Å²) in [5, 5.41) is 10.0. The lowest BCUT2D eigenvalue weighted by Crippen LogP contribution is -2.34. The minimum Gasteiger partial charge on any atom is -0.507 e. The molecule has 0 radical (unpaired) electrons. The number of hydrogen-bond donors (Lipinski definition) is 1. The molecule has 0 atom stereocenters. The Balaban J connectivity index is 2.59. The second-order valence-electron chi connectivity index (χ2n) is 6.64. The molecule has 25 heavy (non-hydrogen) atoms. The number of benzene rings is 2. The van der Waals surface area contributed by atoms with Gasteiger partial charge in [0, 0.05) is 18.2 Å². The van der Waals surface area contributed by atoms with Gasteiger partial charge >= 0.3 is 0 Å². The van der Waals surface area contributed by atoms with Gasteiger partial charge in [-0.15, -0.1) is 0 Å². The first kappa shape index (κ1) is 19.1. The van der Waals surface area contributed by atoms with Crippen molar-refractivity contribution in [1.29, 1.82) is 0 Å². The number of nitrogens with zero attached hydrogens (tertiary/aromatic N) is 1. The summed E-state index contributed by atoms with van der Waals surface area (Å²) in [5.41, 5.74) is 3.14. The highest BCUT2D eigenvalue weighted by Gasteiger charge is 2.27. The standard InChI is InChI=1S/C20H25NO3S/c1-6-17-8-9-18(12-20(17)22)25(23,24)21(13-14(2)3)19-10-7-15(4)11-16(19)5/h6-12,14,22H,1,13H2,2-5H3. The van der Waals surface area contributed by atoms with Crippen LogP contribution in [0.2, 0.25) is 0 Å². The lowest BCUT2D eigenvalue weighted by Gasteiger charge is -2.28. The Morgan fingerprint density at radius 2 is 1.84 bits per heavy atom. The van der Waals surface area contributed by atoms with E-state index in [1.165, 1.54) is 22.5 Å². The molecule has 0 heterocycles. The maximum Gasteiger partial charge on any atom is 0.264 e. The van der Waals surface area contributed by atoms with Crippen molar-refractivity contribution in [3.8, 4) is 5.75 Å². The highest BCUT2D eigenvalue weighted by atomic mass is 32.2. The summed E-state index contributed by atoms with van der Waals surface area (Å²) in [5.74, 6) is 0.0534. The molecule has 2 rings (SSSR count). The molecule has 0 aliphatic rings. The summed E-state index contributed by atoms with van der Waals surface area (Å²) in [6, 6.07) is 10.1. The van der Waals surface area contributed by atoms with Gasteiger partial charge < -0.3 is 5.11 Å². The summed E-state index contributed by atoms with van der Waals surface area (Å²) in [4.78, 5) is 0.0659. The van der Waals surface area contributed by atoms with Crippen molar-refractivity contribution >= 4 is 21.8 Å². The van der Waals surface area contributed by atoms with E-state index in [4.69, 9.17) is 0 Å². The van der Waals surface area contributed by atoms with E-state index >= 15 is 0 Å². The zero-order valence-corrected chi connectivity index (χ0v) is 16.0. The lowest BCUT2D eigenvalue weighted by molar-refractivity contribution is 0.472. The van der Waals surface area contributed by atoms with Gasteiger partial charge in [-0.05, 0) is 43.5 Å². The Bertz CT molecular complexity index is 886. The van der Waals surface area contributed by atoms with Crippen molar-refractivity contribution in [2.75, 3.05) is 10.8 Å². The van der Waals surface area contributed by atoms with Gasteiger partial charge in [-0.25, -0.2) is 8.42 Å². The highest BCUT2D eigenvalue weighted by molar-refractivity contribution is 7.92. The number of aryl methyl sites for hydroxylation is 2. The number of anilines is 1. The van der Waals surface area contributed by atoms with E-state index in [0.29, 0.717) is 17.8 Å². The van der Waals surface area contributed by atoms with E-state index in [2.05, 4.69) is 6.58 Å². The van der Waals surface area contributed by atoms with Gasteiger partial charge in [0.15, 0.2) is 0 Å². The third-order valence-corrected chi connectivity index (χ3v) is 5.74. The molecule has 0 saturated carbocycles. The first-order valence-electron chi connectivity index (χ1n) is 8.22. The van der Waals surface area contributed by atoms with Crippen LogP contribution in [0.1, 0.15) is 30.5 Å². The first-order chi connectivity index (χ1) is 11.7. The Hall–Kier alpha value is -2.27. The first-order valence-corrected chi connectivity index (χ1v) is 9.66. The average Bonchev–Trinajstić information content (AvgIpc) is 2.52. The van der Waals surface area contributed by atoms with Crippen LogP contribution >= 0.6 is 0 Å². The van der Waals surface area contributed by atoms with Crippen LogP contribution in [0.3, 0.4) is 0 Å². The quantitative estimate of drug-likeness (QED) is 0.826. The van der Waals surface area contributed by atoms with E-state index in [1.807, 2.05) is 45.9 Å². The molecule has 1 N–H and O–H groups in total. The number of rotatable bonds is 6. The topological polar surface area (TPSA) is 57.6 Å². The molecule has 0 bridgehead atoms. The van der Waals surface area contributed by atoms with Gasteiger partial charge in [0.1, 0.15) is 5.75 Å². The van der Waals surface area contributed by atoms with Gasteiger partial charge in [-0.1, -0.05) is 44.2 Å². The molecule has 2 aromatic rings. The molecule has 0 amide bonds. The van der Waals surface area contributed by atoms with E-state index in [9.17, 15) is 13.5 Å². The van der Waals surface area contributed by atoms with E-state index in [0.717, 1.165) is 11.1 Å². The van der Waals surface area contributed by atoms with Gasteiger partial charge in [0.05, 0.1) is 10.6 Å². The predicted molar refractivity (Wildman–Crippen MR) is 103 cm³/mol. The van der Waals surface area contributed by atoms with Crippen molar-refractivity contribution < 1.29 is 13.5 Å². The molecule has 0 aromatic heterocycles. The molecule has 0 fully saturated rings. The largest absolute Gasteiger partial charge is 0.507 e. The van der Waals surface area contributed by atoms with Crippen molar-refractivity contribution in [1.82, 2.24) is 0 Å². The second kappa shape index (κ2) is 7.31. The number of hydrogen-bond acceptors (Lipinski definition) is 3. The van der Waals surface area contributed by atoms with Crippen LogP contribution in [0.4, 0.5) is 5.69 Å². The second-order valence-corrected chi connectivity index (χ2v) is 8.51. The normalized spacial score (nSPS) is 11.6. The fraction of sp³-hybridized carbons (Fsp3) is 0.300. The van der Waals surface area contributed by atoms with Crippen LogP contribution in [-0.2, 0) is 10.0 Å². The van der Waals surface area contributed by atoms with Crippen LogP contribution in [0.25, 0.3) is 6.08 Å².